The van der Waals surface area contributed by atoms with E-state index >= 15 is 0 Å². The van der Waals surface area contributed by atoms with E-state index in [1.54, 1.807) is 17.0 Å². The van der Waals surface area contributed by atoms with Gasteiger partial charge in [0.2, 0.25) is 5.91 Å². The van der Waals surface area contributed by atoms with E-state index in [-0.39, 0.29) is 34.8 Å². The number of likely N-dealkylation sites (tertiary alicyclic amines) is 1. The van der Waals surface area contributed by atoms with E-state index in [0.717, 1.165) is 5.56 Å². The Morgan fingerprint density at radius 2 is 1.82 bits per heavy atom. The first kappa shape index (κ1) is 19.5. The molecule has 1 saturated heterocycles. The van der Waals surface area contributed by atoms with Crippen LogP contribution in [0.1, 0.15) is 39.3 Å². The van der Waals surface area contributed by atoms with E-state index < -0.39 is 5.97 Å². The van der Waals surface area contributed by atoms with Crippen LogP contribution in [0.2, 0.25) is 0 Å². The molecule has 0 aliphatic carbocycles. The van der Waals surface area contributed by atoms with E-state index in [1.807, 2.05) is 0 Å². The van der Waals surface area contributed by atoms with Crippen molar-refractivity contribution in [3.63, 3.8) is 0 Å². The zero-order valence-electron chi connectivity index (χ0n) is 15.1. The van der Waals surface area contributed by atoms with Crippen molar-refractivity contribution in [3.05, 3.63) is 65.2 Å². The lowest BCUT2D eigenvalue weighted by molar-refractivity contribution is -0.126. The molecule has 2 heterocycles. The molecule has 2 amide bonds. The van der Waals surface area contributed by atoms with Crippen LogP contribution in [0.25, 0.3) is 0 Å². The molecule has 0 radical (unpaired) electrons. The SMILES string of the molecule is O=C(O)c1cc(C(=O)N2CCC(C(=O)NCc3ccc(F)cc3)CC2)ccn1. The zero-order chi connectivity index (χ0) is 20.1. The molecule has 3 rings (SSSR count). The van der Waals surface area contributed by atoms with Gasteiger partial charge in [-0.2, -0.15) is 0 Å². The van der Waals surface area contributed by atoms with Gasteiger partial charge < -0.3 is 15.3 Å². The number of aromatic carboxylic acids is 1. The van der Waals surface area contributed by atoms with Crippen molar-refractivity contribution in [1.82, 2.24) is 15.2 Å². The second kappa shape index (κ2) is 8.60. The van der Waals surface area contributed by atoms with Gasteiger partial charge in [0.15, 0.2) is 0 Å². The average Bonchev–Trinajstić information content (AvgIpc) is 2.72. The Kier molecular flexibility index (Phi) is 5.98. The van der Waals surface area contributed by atoms with E-state index in [1.165, 1.54) is 30.5 Å². The molecular weight excluding hydrogens is 365 g/mol. The summed E-state index contributed by atoms with van der Waals surface area (Å²) < 4.78 is 12.9. The maximum absolute atomic E-state index is 12.9. The summed E-state index contributed by atoms with van der Waals surface area (Å²) in [5.74, 6) is -2.07. The van der Waals surface area contributed by atoms with Gasteiger partial charge in [0.05, 0.1) is 0 Å². The Balaban J connectivity index is 1.51. The molecule has 8 heteroatoms. The summed E-state index contributed by atoms with van der Waals surface area (Å²) in [5, 5.41) is 11.8. The lowest BCUT2D eigenvalue weighted by Crippen LogP contribution is -2.43. The highest BCUT2D eigenvalue weighted by Crippen LogP contribution is 2.20. The van der Waals surface area contributed by atoms with Crippen LogP contribution < -0.4 is 5.32 Å². The predicted molar refractivity (Wildman–Crippen MR) is 98.1 cm³/mol. The zero-order valence-corrected chi connectivity index (χ0v) is 15.1. The molecule has 28 heavy (non-hydrogen) atoms. The smallest absolute Gasteiger partial charge is 0.354 e. The number of carboxylic acid groups (broad SMARTS) is 1. The predicted octanol–water partition coefficient (Wildman–Crippen LogP) is 2.09. The summed E-state index contributed by atoms with van der Waals surface area (Å²) in [5.41, 5.74) is 0.904. The maximum Gasteiger partial charge on any atom is 0.354 e. The Labute approximate surface area is 161 Å². The van der Waals surface area contributed by atoms with Crippen molar-refractivity contribution >= 4 is 17.8 Å². The van der Waals surface area contributed by atoms with Gasteiger partial charge in [0.1, 0.15) is 11.5 Å². The number of carboxylic acids is 1. The van der Waals surface area contributed by atoms with Crippen molar-refractivity contribution in [2.24, 2.45) is 5.92 Å². The maximum atomic E-state index is 12.9. The minimum atomic E-state index is -1.19. The second-order valence-corrected chi connectivity index (χ2v) is 6.65. The van der Waals surface area contributed by atoms with Crippen LogP contribution in [-0.2, 0) is 11.3 Å². The number of amides is 2. The lowest BCUT2D eigenvalue weighted by atomic mass is 9.95. The summed E-state index contributed by atoms with van der Waals surface area (Å²) in [6.45, 7) is 1.16. The van der Waals surface area contributed by atoms with Gasteiger partial charge in [-0.05, 0) is 42.7 Å². The van der Waals surface area contributed by atoms with Gasteiger partial charge in [0.25, 0.3) is 5.91 Å². The standard InChI is InChI=1S/C20H20FN3O4/c21-16-3-1-13(2-4-16)12-23-18(25)14-6-9-24(10-7-14)19(26)15-5-8-22-17(11-15)20(27)28/h1-5,8,11,14H,6-7,9-10,12H2,(H,23,25)(H,27,28). The van der Waals surface area contributed by atoms with Crippen LogP contribution >= 0.6 is 0 Å². The quantitative estimate of drug-likeness (QED) is 0.821. The van der Waals surface area contributed by atoms with Gasteiger partial charge in [-0.25, -0.2) is 14.2 Å². The van der Waals surface area contributed by atoms with Gasteiger partial charge in [0, 0.05) is 37.3 Å². The van der Waals surface area contributed by atoms with Gasteiger partial charge in [-0.15, -0.1) is 0 Å². The molecule has 1 aliphatic rings. The third kappa shape index (κ3) is 4.70. The number of carbonyl (C=O) groups is 3. The molecule has 0 bridgehead atoms. The summed E-state index contributed by atoms with van der Waals surface area (Å²) in [4.78, 5) is 41.2. The largest absolute Gasteiger partial charge is 0.477 e. The average molecular weight is 385 g/mol. The van der Waals surface area contributed by atoms with E-state index in [0.29, 0.717) is 32.5 Å². The molecule has 0 saturated carbocycles. The Bertz CT molecular complexity index is 877. The third-order valence-corrected chi connectivity index (χ3v) is 4.76. The molecule has 1 fully saturated rings. The molecule has 0 atom stereocenters. The van der Waals surface area contributed by atoms with E-state index in [4.69, 9.17) is 5.11 Å². The molecule has 7 nitrogen and oxygen atoms in total. The first-order chi connectivity index (χ1) is 13.4. The van der Waals surface area contributed by atoms with Crippen LogP contribution in [0, 0.1) is 11.7 Å². The summed E-state index contributed by atoms with van der Waals surface area (Å²) in [6, 6.07) is 8.68. The summed E-state index contributed by atoms with van der Waals surface area (Å²) in [7, 11) is 0. The third-order valence-electron chi connectivity index (χ3n) is 4.76. The normalized spacial score (nSPS) is 14.5. The van der Waals surface area contributed by atoms with Crippen molar-refractivity contribution < 1.29 is 23.9 Å². The van der Waals surface area contributed by atoms with Crippen LogP contribution in [0.15, 0.2) is 42.6 Å². The Morgan fingerprint density at radius 1 is 1.14 bits per heavy atom. The monoisotopic (exact) mass is 385 g/mol. The molecule has 2 aromatic rings. The molecule has 1 aromatic heterocycles. The number of aromatic nitrogens is 1. The molecule has 0 unspecified atom stereocenters. The number of rotatable bonds is 5. The van der Waals surface area contributed by atoms with Gasteiger partial charge in [-0.1, -0.05) is 12.1 Å². The highest BCUT2D eigenvalue weighted by atomic mass is 19.1. The lowest BCUT2D eigenvalue weighted by Gasteiger charge is -2.31. The van der Waals surface area contributed by atoms with Crippen LogP contribution in [-0.4, -0.2) is 45.9 Å². The van der Waals surface area contributed by atoms with Crippen molar-refractivity contribution in [3.8, 4) is 0 Å². The highest BCUT2D eigenvalue weighted by Gasteiger charge is 2.28. The van der Waals surface area contributed by atoms with Crippen molar-refractivity contribution in [2.75, 3.05) is 13.1 Å². The number of hydrogen-bond donors (Lipinski definition) is 2. The van der Waals surface area contributed by atoms with Crippen LogP contribution in [0.4, 0.5) is 4.39 Å². The fraction of sp³-hybridized carbons (Fsp3) is 0.300. The molecule has 1 aliphatic heterocycles. The van der Waals surface area contributed by atoms with E-state index in [2.05, 4.69) is 10.3 Å². The molecule has 146 valence electrons. The molecule has 2 N–H and O–H groups in total. The Hall–Kier alpha value is -3.29. The minimum absolute atomic E-state index is 0.0894. The van der Waals surface area contributed by atoms with Crippen LogP contribution in [0.3, 0.4) is 0 Å². The van der Waals surface area contributed by atoms with Gasteiger partial charge in [-0.3, -0.25) is 9.59 Å². The topological polar surface area (TPSA) is 99.6 Å². The highest BCUT2D eigenvalue weighted by molar-refractivity contribution is 5.96. The number of carbonyl (C=O) groups excluding carboxylic acids is 2. The van der Waals surface area contributed by atoms with Gasteiger partial charge >= 0.3 is 5.97 Å². The van der Waals surface area contributed by atoms with Crippen LogP contribution in [0.5, 0.6) is 0 Å². The van der Waals surface area contributed by atoms with Crippen molar-refractivity contribution in [1.29, 1.82) is 0 Å². The summed E-state index contributed by atoms with van der Waals surface area (Å²) in [6.07, 6.45) is 2.35. The number of benzene rings is 1. The number of halogens is 1. The fourth-order valence-electron chi connectivity index (χ4n) is 3.14. The van der Waals surface area contributed by atoms with E-state index in [9.17, 15) is 18.8 Å². The number of pyridine rings is 1. The number of hydrogen-bond acceptors (Lipinski definition) is 4. The molecule has 1 aromatic carbocycles. The molecular formula is C20H20FN3O4. The van der Waals surface area contributed by atoms with Crippen molar-refractivity contribution in [2.45, 2.75) is 19.4 Å². The Morgan fingerprint density at radius 3 is 2.46 bits per heavy atom. The first-order valence-electron chi connectivity index (χ1n) is 8.95. The fourth-order valence-corrected chi connectivity index (χ4v) is 3.14. The number of nitrogens with one attached hydrogen (secondary N) is 1. The second-order valence-electron chi connectivity index (χ2n) is 6.65. The first-order valence-corrected chi connectivity index (χ1v) is 8.95. The molecule has 0 spiro atoms. The summed E-state index contributed by atoms with van der Waals surface area (Å²) >= 11 is 0. The number of piperidine rings is 1. The minimum Gasteiger partial charge on any atom is -0.477 e. The number of nitrogens with zero attached hydrogens (tertiary/aromatic N) is 2.